The molecule has 1 aliphatic rings. The number of ether oxygens (including phenoxy) is 1. The van der Waals surface area contributed by atoms with Gasteiger partial charge in [-0.15, -0.1) is 0 Å². The van der Waals surface area contributed by atoms with E-state index in [0.717, 1.165) is 25.9 Å². The molecule has 24 heavy (non-hydrogen) atoms. The smallest absolute Gasteiger partial charge is 0.309 e. The lowest BCUT2D eigenvalue weighted by atomic mass is 9.96. The SMILES string of the molecule is CCOC(=O)C1CCN(C(C)C(=O)Nc2ccnn2C(C)C)CC1. The van der Waals surface area contributed by atoms with Gasteiger partial charge in [-0.2, -0.15) is 5.10 Å². The minimum atomic E-state index is -0.247. The summed E-state index contributed by atoms with van der Waals surface area (Å²) in [7, 11) is 0. The summed E-state index contributed by atoms with van der Waals surface area (Å²) in [6.07, 6.45) is 3.16. The van der Waals surface area contributed by atoms with E-state index in [-0.39, 0.29) is 29.9 Å². The lowest BCUT2D eigenvalue weighted by molar-refractivity contribution is -0.149. The highest BCUT2D eigenvalue weighted by Crippen LogP contribution is 2.21. The fourth-order valence-electron chi connectivity index (χ4n) is 3.00. The molecular weight excluding hydrogens is 308 g/mol. The number of esters is 1. The van der Waals surface area contributed by atoms with Crippen molar-refractivity contribution in [3.63, 3.8) is 0 Å². The molecule has 7 nitrogen and oxygen atoms in total. The van der Waals surface area contributed by atoms with Crippen molar-refractivity contribution in [1.29, 1.82) is 0 Å². The Kier molecular flexibility index (Phi) is 6.36. The van der Waals surface area contributed by atoms with Crippen molar-refractivity contribution in [2.24, 2.45) is 5.92 Å². The monoisotopic (exact) mass is 336 g/mol. The number of carbonyl (C=O) groups excluding carboxylic acids is 2. The Morgan fingerprint density at radius 2 is 2.00 bits per heavy atom. The summed E-state index contributed by atoms with van der Waals surface area (Å²) in [6.45, 7) is 9.63. The van der Waals surface area contributed by atoms with Crippen LogP contribution in [0.5, 0.6) is 0 Å². The maximum atomic E-state index is 12.5. The van der Waals surface area contributed by atoms with Crippen molar-refractivity contribution >= 4 is 17.7 Å². The number of amides is 1. The third-order valence-corrected chi connectivity index (χ3v) is 4.49. The summed E-state index contributed by atoms with van der Waals surface area (Å²) in [5.74, 6) is 0.504. The molecule has 1 atom stereocenters. The highest BCUT2D eigenvalue weighted by Gasteiger charge is 2.30. The van der Waals surface area contributed by atoms with E-state index < -0.39 is 0 Å². The van der Waals surface area contributed by atoms with Gasteiger partial charge in [0.25, 0.3) is 0 Å². The molecule has 2 rings (SSSR count). The molecule has 0 radical (unpaired) electrons. The number of likely N-dealkylation sites (tertiary alicyclic amines) is 1. The predicted octanol–water partition coefficient (Wildman–Crippen LogP) is 2.07. The Morgan fingerprint density at radius 3 is 2.58 bits per heavy atom. The molecule has 134 valence electrons. The standard InChI is InChI=1S/C17H28N4O3/c1-5-24-17(23)14-7-10-20(11-8-14)13(4)16(22)19-15-6-9-18-21(15)12(2)3/h6,9,12-14H,5,7-8,10-11H2,1-4H3,(H,19,22). The molecule has 0 aromatic carbocycles. The Morgan fingerprint density at radius 1 is 1.33 bits per heavy atom. The van der Waals surface area contributed by atoms with Crippen LogP contribution in [0.15, 0.2) is 12.3 Å². The van der Waals surface area contributed by atoms with E-state index in [4.69, 9.17) is 4.74 Å². The molecule has 1 aliphatic heterocycles. The highest BCUT2D eigenvalue weighted by molar-refractivity contribution is 5.93. The van der Waals surface area contributed by atoms with Crippen molar-refractivity contribution in [2.75, 3.05) is 25.0 Å². The molecule has 7 heteroatoms. The molecule has 1 saturated heterocycles. The van der Waals surface area contributed by atoms with Gasteiger partial charge < -0.3 is 10.1 Å². The van der Waals surface area contributed by atoms with Gasteiger partial charge in [-0.3, -0.25) is 14.5 Å². The summed E-state index contributed by atoms with van der Waals surface area (Å²) in [6, 6.07) is 1.74. The molecule has 1 aromatic rings. The first-order valence-electron chi connectivity index (χ1n) is 8.69. The largest absolute Gasteiger partial charge is 0.466 e. The zero-order chi connectivity index (χ0) is 17.7. The Hall–Kier alpha value is -1.89. The third kappa shape index (κ3) is 4.35. The lowest BCUT2D eigenvalue weighted by Crippen LogP contribution is -2.47. The van der Waals surface area contributed by atoms with Crippen LogP contribution in [0.4, 0.5) is 5.82 Å². The predicted molar refractivity (Wildman–Crippen MR) is 91.6 cm³/mol. The molecule has 1 unspecified atom stereocenters. The Bertz CT molecular complexity index is 562. The molecule has 1 aromatic heterocycles. The number of anilines is 1. The van der Waals surface area contributed by atoms with Gasteiger partial charge in [-0.05, 0) is 53.6 Å². The molecule has 0 bridgehead atoms. The molecule has 2 heterocycles. The maximum Gasteiger partial charge on any atom is 0.309 e. The number of nitrogens with zero attached hydrogens (tertiary/aromatic N) is 3. The maximum absolute atomic E-state index is 12.5. The first-order valence-corrected chi connectivity index (χ1v) is 8.69. The number of hydrogen-bond acceptors (Lipinski definition) is 5. The van der Waals surface area contributed by atoms with Crippen LogP contribution in [-0.4, -0.2) is 52.3 Å². The summed E-state index contributed by atoms with van der Waals surface area (Å²) in [4.78, 5) is 26.4. The zero-order valence-corrected chi connectivity index (χ0v) is 15.0. The van der Waals surface area contributed by atoms with Gasteiger partial charge in [0.15, 0.2) is 0 Å². The normalized spacial score (nSPS) is 17.7. The number of piperidine rings is 1. The molecule has 1 N–H and O–H groups in total. The summed E-state index contributed by atoms with van der Waals surface area (Å²) >= 11 is 0. The van der Waals surface area contributed by atoms with Crippen LogP contribution in [-0.2, 0) is 14.3 Å². The second-order valence-corrected chi connectivity index (χ2v) is 6.48. The number of rotatable bonds is 6. The summed E-state index contributed by atoms with van der Waals surface area (Å²) in [5.41, 5.74) is 0. The second kappa shape index (κ2) is 8.28. The second-order valence-electron chi connectivity index (χ2n) is 6.48. The minimum Gasteiger partial charge on any atom is -0.466 e. The number of hydrogen-bond donors (Lipinski definition) is 1. The van der Waals surface area contributed by atoms with E-state index in [0.29, 0.717) is 12.4 Å². The van der Waals surface area contributed by atoms with Gasteiger partial charge in [0.1, 0.15) is 5.82 Å². The summed E-state index contributed by atoms with van der Waals surface area (Å²) in [5, 5.41) is 7.18. The van der Waals surface area contributed by atoms with Crippen LogP contribution >= 0.6 is 0 Å². The van der Waals surface area contributed by atoms with Gasteiger partial charge in [-0.1, -0.05) is 0 Å². The van der Waals surface area contributed by atoms with E-state index in [1.54, 1.807) is 16.9 Å². The van der Waals surface area contributed by atoms with Crippen LogP contribution in [0.3, 0.4) is 0 Å². The zero-order valence-electron chi connectivity index (χ0n) is 15.0. The first kappa shape index (κ1) is 18.4. The lowest BCUT2D eigenvalue weighted by Gasteiger charge is -2.34. The minimum absolute atomic E-state index is 0.0427. The average molecular weight is 336 g/mol. The average Bonchev–Trinajstić information content (AvgIpc) is 3.03. The number of aromatic nitrogens is 2. The van der Waals surface area contributed by atoms with Crippen LogP contribution < -0.4 is 5.32 Å². The van der Waals surface area contributed by atoms with Gasteiger partial charge in [0, 0.05) is 12.1 Å². The van der Waals surface area contributed by atoms with Crippen LogP contribution in [0, 0.1) is 5.92 Å². The van der Waals surface area contributed by atoms with Crippen LogP contribution in [0.25, 0.3) is 0 Å². The molecule has 1 amide bonds. The van der Waals surface area contributed by atoms with E-state index in [9.17, 15) is 9.59 Å². The summed E-state index contributed by atoms with van der Waals surface area (Å²) < 4.78 is 6.87. The number of carbonyl (C=O) groups is 2. The van der Waals surface area contributed by atoms with E-state index >= 15 is 0 Å². The van der Waals surface area contributed by atoms with Crippen LogP contribution in [0.2, 0.25) is 0 Å². The number of nitrogens with one attached hydrogen (secondary N) is 1. The Balaban J connectivity index is 1.88. The topological polar surface area (TPSA) is 76.5 Å². The molecule has 0 spiro atoms. The van der Waals surface area contributed by atoms with Crippen molar-refractivity contribution in [3.8, 4) is 0 Å². The van der Waals surface area contributed by atoms with Crippen molar-refractivity contribution in [3.05, 3.63) is 12.3 Å². The third-order valence-electron chi connectivity index (χ3n) is 4.49. The first-order chi connectivity index (χ1) is 11.4. The molecule has 1 fully saturated rings. The van der Waals surface area contributed by atoms with Crippen molar-refractivity contribution in [2.45, 2.75) is 52.6 Å². The van der Waals surface area contributed by atoms with E-state index in [2.05, 4.69) is 15.3 Å². The Labute approximate surface area is 143 Å². The van der Waals surface area contributed by atoms with E-state index in [1.165, 1.54) is 0 Å². The van der Waals surface area contributed by atoms with Crippen LogP contribution in [0.1, 0.15) is 46.6 Å². The quantitative estimate of drug-likeness (QED) is 0.805. The van der Waals surface area contributed by atoms with Gasteiger partial charge in [0.2, 0.25) is 5.91 Å². The van der Waals surface area contributed by atoms with Crippen molar-refractivity contribution in [1.82, 2.24) is 14.7 Å². The molecular formula is C17H28N4O3. The van der Waals surface area contributed by atoms with Crippen molar-refractivity contribution < 1.29 is 14.3 Å². The molecule has 0 saturated carbocycles. The fourth-order valence-corrected chi connectivity index (χ4v) is 3.00. The fraction of sp³-hybridized carbons (Fsp3) is 0.706. The van der Waals surface area contributed by atoms with Gasteiger partial charge in [-0.25, -0.2) is 4.68 Å². The van der Waals surface area contributed by atoms with Gasteiger partial charge >= 0.3 is 5.97 Å². The molecule has 0 aliphatic carbocycles. The highest BCUT2D eigenvalue weighted by atomic mass is 16.5. The van der Waals surface area contributed by atoms with Gasteiger partial charge in [0.05, 0.1) is 24.8 Å². The van der Waals surface area contributed by atoms with E-state index in [1.807, 2.05) is 27.7 Å².